The number of aromatic amines is 1. The van der Waals surface area contributed by atoms with Crippen molar-refractivity contribution in [2.45, 2.75) is 38.6 Å². The first-order valence-corrected chi connectivity index (χ1v) is 9.22. The van der Waals surface area contributed by atoms with Crippen molar-refractivity contribution < 1.29 is 4.79 Å². The second kappa shape index (κ2) is 7.57. The number of rotatable bonds is 4. The molecule has 1 aliphatic rings. The second-order valence-corrected chi connectivity index (χ2v) is 6.78. The number of anilines is 1. The first-order valence-electron chi connectivity index (χ1n) is 9.22. The number of fused-ring (bicyclic) bond motifs is 1. The van der Waals surface area contributed by atoms with Crippen LogP contribution in [0.15, 0.2) is 36.7 Å². The van der Waals surface area contributed by atoms with Crippen LogP contribution < -0.4 is 11.1 Å². The summed E-state index contributed by atoms with van der Waals surface area (Å²) in [5.41, 5.74) is 11.3. The number of nitrogens with one attached hydrogen (secondary N) is 2. The Morgan fingerprint density at radius 2 is 1.93 bits per heavy atom. The van der Waals surface area contributed by atoms with E-state index in [0.717, 1.165) is 29.7 Å². The van der Waals surface area contributed by atoms with Gasteiger partial charge in [0, 0.05) is 29.2 Å². The van der Waals surface area contributed by atoms with Crippen molar-refractivity contribution in [2.24, 2.45) is 0 Å². The monoisotopic (exact) mass is 362 g/mol. The first-order chi connectivity index (χ1) is 13.2. The van der Waals surface area contributed by atoms with Gasteiger partial charge in [-0.2, -0.15) is 5.10 Å². The Balaban J connectivity index is 1.47. The van der Waals surface area contributed by atoms with E-state index in [1.807, 2.05) is 18.2 Å². The molecule has 4 N–H and O–H groups in total. The molecule has 7 heteroatoms. The molecule has 2 heterocycles. The van der Waals surface area contributed by atoms with Crippen molar-refractivity contribution >= 4 is 11.9 Å². The van der Waals surface area contributed by atoms with Gasteiger partial charge >= 0.3 is 0 Å². The summed E-state index contributed by atoms with van der Waals surface area (Å²) >= 11 is 0. The van der Waals surface area contributed by atoms with Gasteiger partial charge in [-0.25, -0.2) is 9.97 Å². The molecule has 0 atom stereocenters. The molecule has 138 valence electrons. The topological polar surface area (TPSA) is 110 Å². The zero-order valence-corrected chi connectivity index (χ0v) is 15.0. The van der Waals surface area contributed by atoms with Crippen LogP contribution >= 0.6 is 0 Å². The zero-order chi connectivity index (χ0) is 18.6. The molecule has 1 aromatic carbocycles. The molecule has 0 spiro atoms. The summed E-state index contributed by atoms with van der Waals surface area (Å²) in [4.78, 5) is 20.6. The number of hydrogen-bond acceptors (Lipinski definition) is 5. The number of amides is 1. The molecule has 1 amide bonds. The molecular formula is C20H22N6O. The zero-order valence-electron chi connectivity index (χ0n) is 15.0. The standard InChI is InChI=1S/C20H22N6O/c21-20-23-10-15(11-24-20)13-5-4-6-14(9-13)19(27)22-12-18-16-7-2-1-3-8-17(16)25-26-18/h4-6,9-11H,1-3,7-8,12H2,(H,22,27)(H,25,26)(H2,21,23,24). The minimum Gasteiger partial charge on any atom is -0.368 e. The first kappa shape index (κ1) is 17.2. The van der Waals surface area contributed by atoms with Crippen molar-refractivity contribution in [3.05, 3.63) is 59.2 Å². The molecule has 4 rings (SSSR count). The van der Waals surface area contributed by atoms with Gasteiger partial charge in [0.05, 0.1) is 12.2 Å². The van der Waals surface area contributed by atoms with E-state index in [-0.39, 0.29) is 11.9 Å². The molecule has 1 aliphatic carbocycles. The summed E-state index contributed by atoms with van der Waals surface area (Å²) < 4.78 is 0. The molecule has 0 unspecified atom stereocenters. The fraction of sp³-hybridized carbons (Fsp3) is 0.300. The smallest absolute Gasteiger partial charge is 0.251 e. The molecule has 2 aromatic heterocycles. The Hall–Kier alpha value is -3.22. The number of aryl methyl sites for hydroxylation is 1. The van der Waals surface area contributed by atoms with Crippen LogP contribution in [0.1, 0.15) is 46.6 Å². The van der Waals surface area contributed by atoms with E-state index in [4.69, 9.17) is 5.73 Å². The van der Waals surface area contributed by atoms with Gasteiger partial charge in [0.15, 0.2) is 0 Å². The van der Waals surface area contributed by atoms with E-state index in [0.29, 0.717) is 12.1 Å². The van der Waals surface area contributed by atoms with Gasteiger partial charge in [-0.05, 0) is 48.9 Å². The van der Waals surface area contributed by atoms with E-state index in [1.54, 1.807) is 18.5 Å². The molecule has 0 fully saturated rings. The van der Waals surface area contributed by atoms with Crippen LogP contribution in [0, 0.1) is 0 Å². The van der Waals surface area contributed by atoms with E-state index < -0.39 is 0 Å². The lowest BCUT2D eigenvalue weighted by atomic mass is 10.1. The molecule has 0 bridgehead atoms. The second-order valence-electron chi connectivity index (χ2n) is 6.78. The SMILES string of the molecule is Nc1ncc(-c2cccc(C(=O)NCc3n[nH]c4c3CCCCC4)c2)cn1. The van der Waals surface area contributed by atoms with Crippen LogP contribution in [-0.2, 0) is 19.4 Å². The van der Waals surface area contributed by atoms with Gasteiger partial charge in [-0.1, -0.05) is 18.6 Å². The molecule has 0 radical (unpaired) electrons. The third-order valence-electron chi connectivity index (χ3n) is 4.94. The molecule has 0 saturated heterocycles. The van der Waals surface area contributed by atoms with E-state index >= 15 is 0 Å². The molecule has 27 heavy (non-hydrogen) atoms. The fourth-order valence-corrected chi connectivity index (χ4v) is 3.47. The lowest BCUT2D eigenvalue weighted by molar-refractivity contribution is 0.0950. The summed E-state index contributed by atoms with van der Waals surface area (Å²) in [6.45, 7) is 0.430. The highest BCUT2D eigenvalue weighted by Gasteiger charge is 2.16. The van der Waals surface area contributed by atoms with Crippen molar-refractivity contribution in [3.63, 3.8) is 0 Å². The number of carbonyl (C=O) groups excluding carboxylic acids is 1. The maximum absolute atomic E-state index is 12.6. The van der Waals surface area contributed by atoms with Gasteiger partial charge in [0.1, 0.15) is 0 Å². The molecule has 0 aliphatic heterocycles. The van der Waals surface area contributed by atoms with Gasteiger partial charge in [0.25, 0.3) is 5.91 Å². The number of carbonyl (C=O) groups is 1. The van der Waals surface area contributed by atoms with Crippen LogP contribution in [0.4, 0.5) is 5.95 Å². The maximum Gasteiger partial charge on any atom is 0.251 e. The predicted octanol–water partition coefficient (Wildman–Crippen LogP) is 2.65. The quantitative estimate of drug-likeness (QED) is 0.618. The number of aromatic nitrogens is 4. The number of benzene rings is 1. The minimum atomic E-state index is -0.126. The van der Waals surface area contributed by atoms with Crippen LogP contribution in [-0.4, -0.2) is 26.1 Å². The average molecular weight is 362 g/mol. The minimum absolute atomic E-state index is 0.126. The number of nitrogens with two attached hydrogens (primary N) is 1. The Morgan fingerprint density at radius 1 is 1.11 bits per heavy atom. The maximum atomic E-state index is 12.6. The summed E-state index contributed by atoms with van der Waals surface area (Å²) in [6.07, 6.45) is 9.00. The van der Waals surface area contributed by atoms with E-state index in [2.05, 4.69) is 25.5 Å². The third kappa shape index (κ3) is 3.81. The summed E-state index contributed by atoms with van der Waals surface area (Å²) in [5, 5.41) is 10.5. The Labute approximate surface area is 157 Å². The Kier molecular flexibility index (Phi) is 4.82. The normalized spacial score (nSPS) is 13.6. The summed E-state index contributed by atoms with van der Waals surface area (Å²) in [5.74, 6) is 0.101. The average Bonchev–Trinajstić information content (AvgIpc) is 2.93. The Bertz CT molecular complexity index is 947. The molecule has 3 aromatic rings. The van der Waals surface area contributed by atoms with Crippen molar-refractivity contribution in [1.82, 2.24) is 25.5 Å². The van der Waals surface area contributed by atoms with Gasteiger partial charge in [-0.15, -0.1) is 0 Å². The highest BCUT2D eigenvalue weighted by atomic mass is 16.1. The van der Waals surface area contributed by atoms with E-state index in [1.165, 1.54) is 30.5 Å². The third-order valence-corrected chi connectivity index (χ3v) is 4.94. The number of hydrogen-bond donors (Lipinski definition) is 3. The van der Waals surface area contributed by atoms with Gasteiger partial charge in [0.2, 0.25) is 5.95 Å². The number of H-pyrrole nitrogens is 1. The fourth-order valence-electron chi connectivity index (χ4n) is 3.47. The van der Waals surface area contributed by atoms with Crippen LogP contribution in [0.3, 0.4) is 0 Å². The lowest BCUT2D eigenvalue weighted by Crippen LogP contribution is -2.23. The van der Waals surface area contributed by atoms with Crippen molar-refractivity contribution in [3.8, 4) is 11.1 Å². The highest BCUT2D eigenvalue weighted by Crippen LogP contribution is 2.22. The van der Waals surface area contributed by atoms with Crippen molar-refractivity contribution in [2.75, 3.05) is 5.73 Å². The van der Waals surface area contributed by atoms with Crippen LogP contribution in [0.5, 0.6) is 0 Å². The lowest BCUT2D eigenvalue weighted by Gasteiger charge is -2.07. The molecule has 0 saturated carbocycles. The van der Waals surface area contributed by atoms with Gasteiger partial charge < -0.3 is 11.1 Å². The summed E-state index contributed by atoms with van der Waals surface area (Å²) in [7, 11) is 0. The van der Waals surface area contributed by atoms with E-state index in [9.17, 15) is 4.79 Å². The largest absolute Gasteiger partial charge is 0.368 e. The molecule has 7 nitrogen and oxygen atoms in total. The Morgan fingerprint density at radius 3 is 2.78 bits per heavy atom. The molecular weight excluding hydrogens is 340 g/mol. The van der Waals surface area contributed by atoms with Crippen LogP contribution in [0.2, 0.25) is 0 Å². The van der Waals surface area contributed by atoms with Crippen molar-refractivity contribution in [1.29, 1.82) is 0 Å². The summed E-state index contributed by atoms with van der Waals surface area (Å²) in [6, 6.07) is 7.39. The number of nitrogens with zero attached hydrogens (tertiary/aromatic N) is 3. The number of nitrogen functional groups attached to an aromatic ring is 1. The predicted molar refractivity (Wildman–Crippen MR) is 103 cm³/mol. The van der Waals surface area contributed by atoms with Gasteiger partial charge in [-0.3, -0.25) is 9.89 Å². The van der Waals surface area contributed by atoms with Crippen LogP contribution in [0.25, 0.3) is 11.1 Å². The highest BCUT2D eigenvalue weighted by molar-refractivity contribution is 5.95.